The number of alkyl halides is 1. The molecule has 2 rings (SSSR count). The van der Waals surface area contributed by atoms with Crippen molar-refractivity contribution in [1.29, 1.82) is 0 Å². The number of ether oxygens (including phenoxy) is 1. The first-order chi connectivity index (χ1) is 9.58. The van der Waals surface area contributed by atoms with E-state index in [-0.39, 0.29) is 4.66 Å². The highest BCUT2D eigenvalue weighted by Crippen LogP contribution is 2.29. The van der Waals surface area contributed by atoms with E-state index in [9.17, 15) is 8.42 Å². The molecular weight excluding hydrogens is 344 g/mol. The van der Waals surface area contributed by atoms with Gasteiger partial charge in [0.25, 0.3) is 0 Å². The summed E-state index contributed by atoms with van der Waals surface area (Å²) < 4.78 is 30.7. The zero-order valence-electron chi connectivity index (χ0n) is 11.5. The van der Waals surface area contributed by atoms with E-state index in [1.807, 2.05) is 31.2 Å². The Balaban J connectivity index is 2.08. The Morgan fingerprint density at radius 3 is 2.45 bits per heavy atom. The van der Waals surface area contributed by atoms with E-state index in [0.29, 0.717) is 32.8 Å². The Morgan fingerprint density at radius 2 is 1.85 bits per heavy atom. The van der Waals surface area contributed by atoms with Gasteiger partial charge in [0.15, 0.2) is 0 Å². The van der Waals surface area contributed by atoms with Crippen LogP contribution in [0.4, 0.5) is 5.69 Å². The highest BCUT2D eigenvalue weighted by Gasteiger charge is 2.26. The van der Waals surface area contributed by atoms with Crippen molar-refractivity contribution in [3.05, 3.63) is 24.3 Å². The van der Waals surface area contributed by atoms with Gasteiger partial charge in [-0.2, -0.15) is 4.31 Å². The molecule has 0 unspecified atom stereocenters. The lowest BCUT2D eigenvalue weighted by atomic mass is 10.2. The molecule has 0 N–H and O–H groups in total. The van der Waals surface area contributed by atoms with E-state index < -0.39 is 10.0 Å². The minimum Gasteiger partial charge on any atom is -0.492 e. The molecule has 20 heavy (non-hydrogen) atoms. The summed E-state index contributed by atoms with van der Waals surface area (Å²) in [5, 5.41) is 0. The Hall–Kier alpha value is -0.790. The van der Waals surface area contributed by atoms with Crippen LogP contribution in [0.2, 0.25) is 0 Å². The van der Waals surface area contributed by atoms with Gasteiger partial charge in [-0.1, -0.05) is 28.1 Å². The maximum Gasteiger partial charge on any atom is 0.224 e. The number of nitrogens with zero attached hydrogens (tertiary/aromatic N) is 2. The van der Waals surface area contributed by atoms with Crippen molar-refractivity contribution in [1.82, 2.24) is 4.31 Å². The highest BCUT2D eigenvalue weighted by atomic mass is 79.9. The third-order valence-electron chi connectivity index (χ3n) is 3.28. The minimum atomic E-state index is -3.16. The summed E-state index contributed by atoms with van der Waals surface area (Å²) in [6.45, 7) is 4.95. The van der Waals surface area contributed by atoms with Gasteiger partial charge in [-0.15, -0.1) is 0 Å². The minimum absolute atomic E-state index is 0.0183. The number of halogens is 1. The molecule has 7 heteroatoms. The number of hydrogen-bond donors (Lipinski definition) is 0. The van der Waals surface area contributed by atoms with Crippen molar-refractivity contribution >= 4 is 31.6 Å². The number of anilines is 1. The van der Waals surface area contributed by atoms with Crippen LogP contribution in [0, 0.1) is 0 Å². The number of piperazine rings is 1. The largest absolute Gasteiger partial charge is 0.492 e. The van der Waals surface area contributed by atoms with E-state index in [1.54, 1.807) is 0 Å². The first-order valence-corrected chi connectivity index (χ1v) is 9.32. The Bertz CT molecular complexity index is 542. The third-order valence-corrected chi connectivity index (χ3v) is 6.44. The number of benzene rings is 1. The smallest absolute Gasteiger partial charge is 0.224 e. The predicted octanol–water partition coefficient (Wildman–Crippen LogP) is 1.89. The summed E-state index contributed by atoms with van der Waals surface area (Å²) in [4.78, 5) is 2.17. The van der Waals surface area contributed by atoms with Gasteiger partial charge in [0, 0.05) is 26.2 Å². The zero-order valence-corrected chi connectivity index (χ0v) is 13.9. The van der Waals surface area contributed by atoms with Crippen LogP contribution in [-0.2, 0) is 10.0 Å². The molecule has 1 aliphatic heterocycles. The normalized spacial score (nSPS) is 17.2. The van der Waals surface area contributed by atoms with Gasteiger partial charge in [-0.05, 0) is 19.1 Å². The van der Waals surface area contributed by atoms with E-state index >= 15 is 0 Å². The molecule has 0 amide bonds. The second kappa shape index (κ2) is 6.78. The van der Waals surface area contributed by atoms with Crippen molar-refractivity contribution in [3.63, 3.8) is 0 Å². The fourth-order valence-electron chi connectivity index (χ4n) is 2.27. The SMILES string of the molecule is CCOc1ccccc1N1CCN(S(=O)(=O)CBr)CC1. The van der Waals surface area contributed by atoms with Gasteiger partial charge in [-0.25, -0.2) is 8.42 Å². The van der Waals surface area contributed by atoms with Gasteiger partial charge in [0.2, 0.25) is 10.0 Å². The van der Waals surface area contributed by atoms with Gasteiger partial charge in [-0.3, -0.25) is 0 Å². The Kier molecular flexibility index (Phi) is 5.29. The van der Waals surface area contributed by atoms with Crippen molar-refractivity contribution in [2.75, 3.05) is 42.3 Å². The summed E-state index contributed by atoms with van der Waals surface area (Å²) in [5.74, 6) is 0.854. The summed E-state index contributed by atoms with van der Waals surface area (Å²) in [5.41, 5.74) is 1.03. The molecule has 1 aromatic rings. The molecule has 1 fully saturated rings. The molecule has 0 radical (unpaired) electrons. The maximum atomic E-state index is 11.8. The van der Waals surface area contributed by atoms with Crippen LogP contribution in [0.3, 0.4) is 0 Å². The van der Waals surface area contributed by atoms with Crippen LogP contribution in [0.25, 0.3) is 0 Å². The van der Waals surface area contributed by atoms with Crippen LogP contribution >= 0.6 is 15.9 Å². The molecule has 0 saturated carbocycles. The van der Waals surface area contributed by atoms with E-state index in [4.69, 9.17) is 4.74 Å². The third kappa shape index (κ3) is 3.45. The first kappa shape index (κ1) is 15.6. The molecule has 0 spiro atoms. The maximum absolute atomic E-state index is 11.8. The van der Waals surface area contributed by atoms with E-state index in [1.165, 1.54) is 4.31 Å². The molecule has 112 valence electrons. The Labute approximate surface area is 128 Å². The summed E-state index contributed by atoms with van der Waals surface area (Å²) in [6.07, 6.45) is 0. The van der Waals surface area contributed by atoms with Crippen LogP contribution in [-0.4, -0.2) is 50.2 Å². The van der Waals surface area contributed by atoms with E-state index in [2.05, 4.69) is 20.8 Å². The lowest BCUT2D eigenvalue weighted by Gasteiger charge is -2.35. The van der Waals surface area contributed by atoms with Crippen molar-refractivity contribution in [2.24, 2.45) is 0 Å². The standard InChI is InChI=1S/C13H19BrN2O3S/c1-2-19-13-6-4-3-5-12(13)15-7-9-16(10-8-15)20(17,18)11-14/h3-6H,2,7-11H2,1H3. The van der Waals surface area contributed by atoms with Gasteiger partial charge in [0.05, 0.1) is 12.3 Å². The Morgan fingerprint density at radius 1 is 1.20 bits per heavy atom. The number of sulfonamides is 1. The second-order valence-corrected chi connectivity index (χ2v) is 7.78. The fourth-order valence-corrected chi connectivity index (χ4v) is 4.00. The zero-order chi connectivity index (χ0) is 14.6. The first-order valence-electron chi connectivity index (χ1n) is 6.59. The second-order valence-electron chi connectivity index (χ2n) is 4.51. The monoisotopic (exact) mass is 362 g/mol. The van der Waals surface area contributed by atoms with Crippen molar-refractivity contribution < 1.29 is 13.2 Å². The average molecular weight is 363 g/mol. The highest BCUT2D eigenvalue weighted by molar-refractivity contribution is 9.10. The van der Waals surface area contributed by atoms with Crippen LogP contribution in [0.15, 0.2) is 24.3 Å². The fraction of sp³-hybridized carbons (Fsp3) is 0.538. The lowest BCUT2D eigenvalue weighted by Crippen LogP contribution is -2.49. The van der Waals surface area contributed by atoms with Crippen molar-refractivity contribution in [2.45, 2.75) is 6.92 Å². The van der Waals surface area contributed by atoms with Crippen LogP contribution in [0.5, 0.6) is 5.75 Å². The van der Waals surface area contributed by atoms with E-state index in [0.717, 1.165) is 11.4 Å². The van der Waals surface area contributed by atoms with Crippen LogP contribution in [0.1, 0.15) is 6.92 Å². The summed E-state index contributed by atoms with van der Waals surface area (Å²) >= 11 is 3.04. The molecule has 0 bridgehead atoms. The quantitative estimate of drug-likeness (QED) is 0.750. The van der Waals surface area contributed by atoms with Gasteiger partial charge >= 0.3 is 0 Å². The average Bonchev–Trinajstić information content (AvgIpc) is 2.48. The molecular formula is C13H19BrN2O3S. The molecule has 0 aliphatic carbocycles. The van der Waals surface area contributed by atoms with Crippen LogP contribution < -0.4 is 9.64 Å². The molecule has 1 aromatic carbocycles. The van der Waals surface area contributed by atoms with Gasteiger partial charge < -0.3 is 9.64 Å². The van der Waals surface area contributed by atoms with Gasteiger partial charge in [0.1, 0.15) is 10.4 Å². The number of rotatable bonds is 5. The summed E-state index contributed by atoms with van der Waals surface area (Å²) in [7, 11) is -3.16. The number of hydrogen-bond acceptors (Lipinski definition) is 4. The number of para-hydroxylation sites is 2. The lowest BCUT2D eigenvalue weighted by molar-refractivity contribution is 0.337. The van der Waals surface area contributed by atoms with Crippen molar-refractivity contribution in [3.8, 4) is 5.75 Å². The topological polar surface area (TPSA) is 49.9 Å². The molecule has 1 heterocycles. The molecule has 1 aliphatic rings. The predicted molar refractivity (Wildman–Crippen MR) is 84.1 cm³/mol. The molecule has 1 saturated heterocycles. The molecule has 5 nitrogen and oxygen atoms in total. The molecule has 0 atom stereocenters. The molecule has 0 aromatic heterocycles. The summed E-state index contributed by atoms with van der Waals surface area (Å²) in [6, 6.07) is 7.87.